The largest absolute Gasteiger partial charge is 0.469 e. The number of carbonyl (C=O) groups excluding carboxylic acids is 2. The minimum absolute atomic E-state index is 0.0661. The van der Waals surface area contributed by atoms with E-state index in [1.165, 1.54) is 7.11 Å². The molecule has 0 saturated heterocycles. The summed E-state index contributed by atoms with van der Waals surface area (Å²) in [4.78, 5) is 30.6. The first kappa shape index (κ1) is 20.8. The minimum Gasteiger partial charge on any atom is -0.469 e. The summed E-state index contributed by atoms with van der Waals surface area (Å²) in [5, 5.41) is 6.40. The summed E-state index contributed by atoms with van der Waals surface area (Å²) in [6.07, 6.45) is 2.83. The number of rotatable bonds is 8. The Labute approximate surface area is 171 Å². The summed E-state index contributed by atoms with van der Waals surface area (Å²) in [7, 11) is 1.41. The monoisotopic (exact) mass is 396 g/mol. The number of esters is 1. The van der Waals surface area contributed by atoms with Crippen LogP contribution in [0.2, 0.25) is 0 Å². The predicted molar refractivity (Wildman–Crippen MR) is 111 cm³/mol. The molecule has 2 heterocycles. The van der Waals surface area contributed by atoms with Crippen LogP contribution >= 0.6 is 0 Å². The Balaban J connectivity index is 1.50. The lowest BCUT2D eigenvalue weighted by Crippen LogP contribution is -2.39. The van der Waals surface area contributed by atoms with Crippen molar-refractivity contribution >= 4 is 17.7 Å². The first-order chi connectivity index (χ1) is 14.2. The molecule has 154 valence electrons. The lowest BCUT2D eigenvalue weighted by atomic mass is 9.90. The first-order valence-corrected chi connectivity index (χ1v) is 9.95. The highest BCUT2D eigenvalue weighted by Gasteiger charge is 2.26. The number of carbonyl (C=O) groups is 2. The van der Waals surface area contributed by atoms with Crippen LogP contribution in [-0.4, -0.2) is 55.0 Å². The van der Waals surface area contributed by atoms with E-state index in [1.54, 1.807) is 6.20 Å². The standard InChI is InChI=1S/C22H28N4O3/c1-29-22(28)14-17-9-13-26(16-18-6-2-3-7-19(17)18)21(27)15-23-11-12-25-20-8-4-5-10-24-20/h2-8,10,17,23H,9,11-16H2,1H3,(H,24,25). The van der Waals surface area contributed by atoms with Crippen LogP contribution in [0.1, 0.15) is 29.9 Å². The van der Waals surface area contributed by atoms with Gasteiger partial charge in [0.2, 0.25) is 5.91 Å². The SMILES string of the molecule is COC(=O)CC1CCN(C(=O)CNCCNc2ccccn2)Cc2ccccc21. The van der Waals surface area contributed by atoms with Crippen LogP contribution in [0.4, 0.5) is 5.82 Å². The van der Waals surface area contributed by atoms with Crippen LogP contribution < -0.4 is 10.6 Å². The van der Waals surface area contributed by atoms with Crippen LogP contribution in [0, 0.1) is 0 Å². The molecule has 1 atom stereocenters. The van der Waals surface area contributed by atoms with E-state index in [9.17, 15) is 9.59 Å². The third-order valence-electron chi connectivity index (χ3n) is 5.15. The molecule has 0 radical (unpaired) electrons. The van der Waals surface area contributed by atoms with Gasteiger partial charge in [0, 0.05) is 32.4 Å². The molecule has 1 amide bonds. The van der Waals surface area contributed by atoms with Crippen molar-refractivity contribution in [1.82, 2.24) is 15.2 Å². The Morgan fingerprint density at radius 3 is 2.79 bits per heavy atom. The Morgan fingerprint density at radius 1 is 1.17 bits per heavy atom. The number of pyridine rings is 1. The van der Waals surface area contributed by atoms with Crippen LogP contribution in [0.15, 0.2) is 48.7 Å². The van der Waals surface area contributed by atoms with Gasteiger partial charge in [0.25, 0.3) is 0 Å². The molecule has 0 bridgehead atoms. The summed E-state index contributed by atoms with van der Waals surface area (Å²) in [5.41, 5.74) is 2.24. The van der Waals surface area contributed by atoms with E-state index < -0.39 is 0 Å². The molecule has 7 nitrogen and oxygen atoms in total. The maximum absolute atomic E-state index is 12.7. The third-order valence-corrected chi connectivity index (χ3v) is 5.15. The van der Waals surface area contributed by atoms with Gasteiger partial charge in [0.1, 0.15) is 5.82 Å². The fourth-order valence-electron chi connectivity index (χ4n) is 3.59. The number of hydrogen-bond donors (Lipinski definition) is 2. The average Bonchev–Trinajstić information content (AvgIpc) is 2.94. The number of amides is 1. The smallest absolute Gasteiger partial charge is 0.306 e. The quantitative estimate of drug-likeness (QED) is 0.526. The average molecular weight is 396 g/mol. The van der Waals surface area contributed by atoms with E-state index >= 15 is 0 Å². The van der Waals surface area contributed by atoms with Gasteiger partial charge in [-0.15, -0.1) is 0 Å². The van der Waals surface area contributed by atoms with E-state index in [-0.39, 0.29) is 24.3 Å². The van der Waals surface area contributed by atoms with Crippen LogP contribution in [0.25, 0.3) is 0 Å². The molecule has 1 aromatic heterocycles. The van der Waals surface area contributed by atoms with E-state index in [0.717, 1.165) is 23.4 Å². The summed E-state index contributed by atoms with van der Waals surface area (Å²) >= 11 is 0. The van der Waals surface area contributed by atoms with Crippen molar-refractivity contribution in [2.75, 3.05) is 38.6 Å². The van der Waals surface area contributed by atoms with E-state index in [2.05, 4.69) is 21.7 Å². The zero-order valence-electron chi connectivity index (χ0n) is 16.8. The fraction of sp³-hybridized carbons (Fsp3) is 0.409. The molecule has 1 aliphatic rings. The van der Waals surface area contributed by atoms with Gasteiger partial charge in [-0.1, -0.05) is 30.3 Å². The van der Waals surface area contributed by atoms with Gasteiger partial charge in [0.15, 0.2) is 0 Å². The number of aromatic nitrogens is 1. The summed E-state index contributed by atoms with van der Waals surface area (Å²) in [6.45, 7) is 2.84. The third kappa shape index (κ3) is 6.02. The summed E-state index contributed by atoms with van der Waals surface area (Å²) < 4.78 is 4.85. The Morgan fingerprint density at radius 2 is 2.00 bits per heavy atom. The predicted octanol–water partition coefficient (Wildman–Crippen LogP) is 2.16. The van der Waals surface area contributed by atoms with Gasteiger partial charge < -0.3 is 20.3 Å². The minimum atomic E-state index is -0.216. The highest BCUT2D eigenvalue weighted by atomic mass is 16.5. The lowest BCUT2D eigenvalue weighted by Gasteiger charge is -2.21. The van der Waals surface area contributed by atoms with Crippen molar-refractivity contribution in [3.05, 3.63) is 59.8 Å². The molecule has 1 aliphatic heterocycles. The van der Waals surface area contributed by atoms with Crippen molar-refractivity contribution in [2.24, 2.45) is 0 Å². The number of ether oxygens (including phenoxy) is 1. The fourth-order valence-corrected chi connectivity index (χ4v) is 3.59. The van der Waals surface area contributed by atoms with Crippen molar-refractivity contribution in [3.8, 4) is 0 Å². The summed E-state index contributed by atoms with van der Waals surface area (Å²) in [6, 6.07) is 13.8. The molecule has 0 aliphatic carbocycles. The maximum Gasteiger partial charge on any atom is 0.306 e. The number of anilines is 1. The van der Waals surface area contributed by atoms with Crippen molar-refractivity contribution < 1.29 is 14.3 Å². The molecule has 7 heteroatoms. The van der Waals surface area contributed by atoms with E-state index in [4.69, 9.17) is 4.74 Å². The van der Waals surface area contributed by atoms with Gasteiger partial charge in [-0.3, -0.25) is 9.59 Å². The molecule has 1 aromatic carbocycles. The first-order valence-electron chi connectivity index (χ1n) is 9.95. The number of fused-ring (bicyclic) bond motifs is 1. The van der Waals surface area contributed by atoms with Crippen molar-refractivity contribution in [2.45, 2.75) is 25.3 Å². The van der Waals surface area contributed by atoms with Gasteiger partial charge in [-0.05, 0) is 35.6 Å². The molecule has 3 rings (SSSR count). The molecule has 2 aromatic rings. The topological polar surface area (TPSA) is 83.6 Å². The van der Waals surface area contributed by atoms with Crippen molar-refractivity contribution in [1.29, 1.82) is 0 Å². The molecule has 0 fully saturated rings. The normalized spacial score (nSPS) is 15.9. The van der Waals surface area contributed by atoms with E-state index in [1.807, 2.05) is 41.3 Å². The second-order valence-electron chi connectivity index (χ2n) is 7.10. The number of nitrogens with zero attached hydrogens (tertiary/aromatic N) is 2. The van der Waals surface area contributed by atoms with Crippen LogP contribution in [0.3, 0.4) is 0 Å². The Hall–Kier alpha value is -2.93. The maximum atomic E-state index is 12.7. The molecule has 1 unspecified atom stereocenters. The van der Waals surface area contributed by atoms with Crippen LogP contribution in [-0.2, 0) is 20.9 Å². The molecule has 0 spiro atoms. The number of methoxy groups -OCH3 is 1. The number of nitrogens with one attached hydrogen (secondary N) is 2. The van der Waals surface area contributed by atoms with Gasteiger partial charge in [0.05, 0.1) is 20.1 Å². The van der Waals surface area contributed by atoms with E-state index in [0.29, 0.717) is 32.6 Å². The molecular weight excluding hydrogens is 368 g/mol. The van der Waals surface area contributed by atoms with Gasteiger partial charge >= 0.3 is 5.97 Å². The lowest BCUT2D eigenvalue weighted by molar-refractivity contribution is -0.141. The molecule has 29 heavy (non-hydrogen) atoms. The molecular formula is C22H28N4O3. The zero-order valence-corrected chi connectivity index (χ0v) is 16.8. The number of hydrogen-bond acceptors (Lipinski definition) is 6. The van der Waals surface area contributed by atoms with Gasteiger partial charge in [-0.25, -0.2) is 4.98 Å². The number of benzene rings is 1. The second-order valence-corrected chi connectivity index (χ2v) is 7.10. The van der Waals surface area contributed by atoms with Gasteiger partial charge in [-0.2, -0.15) is 0 Å². The Bertz CT molecular complexity index is 813. The van der Waals surface area contributed by atoms with Crippen LogP contribution in [0.5, 0.6) is 0 Å². The van der Waals surface area contributed by atoms with Crippen molar-refractivity contribution in [3.63, 3.8) is 0 Å². The molecule has 2 N–H and O–H groups in total. The molecule has 0 saturated carbocycles. The Kier molecular flexibility index (Phi) is 7.58. The highest BCUT2D eigenvalue weighted by Crippen LogP contribution is 2.31. The zero-order chi connectivity index (χ0) is 20.5. The highest BCUT2D eigenvalue weighted by molar-refractivity contribution is 5.78. The second kappa shape index (κ2) is 10.6. The summed E-state index contributed by atoms with van der Waals surface area (Å²) in [5.74, 6) is 0.747.